The van der Waals surface area contributed by atoms with Gasteiger partial charge in [0.1, 0.15) is 6.04 Å². The van der Waals surface area contributed by atoms with E-state index >= 15 is 0 Å². The van der Waals surface area contributed by atoms with E-state index in [-0.39, 0.29) is 18.5 Å². The third-order valence-corrected chi connectivity index (χ3v) is 4.27. The number of amides is 3. The van der Waals surface area contributed by atoms with Crippen molar-refractivity contribution in [2.45, 2.75) is 25.8 Å². The van der Waals surface area contributed by atoms with Gasteiger partial charge in [-0.2, -0.15) is 0 Å². The van der Waals surface area contributed by atoms with Crippen LogP contribution >= 0.6 is 0 Å². The zero-order valence-corrected chi connectivity index (χ0v) is 15.5. The molecule has 0 aromatic heterocycles. The van der Waals surface area contributed by atoms with Gasteiger partial charge in [0.2, 0.25) is 0 Å². The number of unbranched alkanes of at least 4 members (excludes halogenated alkanes) is 1. The molecule has 1 unspecified atom stereocenters. The minimum atomic E-state index is -0.424. The van der Waals surface area contributed by atoms with Crippen LogP contribution in [0.4, 0.5) is 4.79 Å². The van der Waals surface area contributed by atoms with Gasteiger partial charge in [-0.3, -0.25) is 10.1 Å². The van der Waals surface area contributed by atoms with Crippen LogP contribution in [-0.4, -0.2) is 32.1 Å². The number of carbonyl (C=O) groups is 2. The predicted molar refractivity (Wildman–Crippen MR) is 103 cm³/mol. The van der Waals surface area contributed by atoms with Crippen molar-refractivity contribution >= 4 is 11.9 Å². The van der Waals surface area contributed by atoms with E-state index in [1.54, 1.807) is 0 Å². The second-order valence-electron chi connectivity index (χ2n) is 6.44. The third kappa shape index (κ3) is 6.01. The lowest BCUT2D eigenvalue weighted by Gasteiger charge is -2.25. The Bertz CT molecular complexity index is 649. The van der Waals surface area contributed by atoms with E-state index in [1.165, 1.54) is 0 Å². The molecule has 2 rings (SSSR count). The van der Waals surface area contributed by atoms with Gasteiger partial charge in [0.05, 0.1) is 7.05 Å². The highest BCUT2D eigenvalue weighted by atomic mass is 16.2. The van der Waals surface area contributed by atoms with Gasteiger partial charge < -0.3 is 10.2 Å². The zero-order valence-electron chi connectivity index (χ0n) is 15.5. The van der Waals surface area contributed by atoms with Gasteiger partial charge in [-0.05, 0) is 6.42 Å². The van der Waals surface area contributed by atoms with Gasteiger partial charge in [-0.25, -0.2) is 4.79 Å². The Hall–Kier alpha value is -2.66. The van der Waals surface area contributed by atoms with E-state index in [2.05, 4.69) is 41.8 Å². The molecule has 0 aliphatic rings. The SMILES string of the molecule is CCCCNC(=O)NC(=O)C[NH+](C)C(c1ccccc1)c1ccccc1. The molecule has 1 atom stereocenters. The summed E-state index contributed by atoms with van der Waals surface area (Å²) in [6.07, 6.45) is 1.90. The molecule has 0 aliphatic heterocycles. The second kappa shape index (κ2) is 10.4. The monoisotopic (exact) mass is 354 g/mol. The van der Waals surface area contributed by atoms with Gasteiger partial charge in [-0.15, -0.1) is 0 Å². The lowest BCUT2D eigenvalue weighted by molar-refractivity contribution is -0.898. The van der Waals surface area contributed by atoms with E-state index in [9.17, 15) is 9.59 Å². The number of rotatable bonds is 8. The third-order valence-electron chi connectivity index (χ3n) is 4.27. The fourth-order valence-corrected chi connectivity index (χ4v) is 3.00. The summed E-state index contributed by atoms with van der Waals surface area (Å²) >= 11 is 0. The van der Waals surface area contributed by atoms with E-state index in [1.807, 2.05) is 43.4 Å². The number of hydrogen-bond donors (Lipinski definition) is 3. The molecule has 5 nitrogen and oxygen atoms in total. The molecule has 138 valence electrons. The molecule has 0 aliphatic carbocycles. The summed E-state index contributed by atoms with van der Waals surface area (Å²) in [5, 5.41) is 5.12. The van der Waals surface area contributed by atoms with Gasteiger partial charge in [0, 0.05) is 17.7 Å². The number of imide groups is 1. The average Bonchev–Trinajstić information content (AvgIpc) is 2.63. The van der Waals surface area contributed by atoms with Gasteiger partial charge in [0.25, 0.3) is 5.91 Å². The maximum Gasteiger partial charge on any atom is 0.321 e. The van der Waals surface area contributed by atoms with Gasteiger partial charge in [0.15, 0.2) is 6.54 Å². The van der Waals surface area contributed by atoms with E-state index in [0.29, 0.717) is 6.54 Å². The molecule has 26 heavy (non-hydrogen) atoms. The first-order valence-corrected chi connectivity index (χ1v) is 9.11. The smallest absolute Gasteiger partial charge is 0.321 e. The number of benzene rings is 2. The maximum atomic E-state index is 12.3. The van der Waals surface area contributed by atoms with Crippen molar-refractivity contribution in [2.75, 3.05) is 20.1 Å². The summed E-state index contributed by atoms with van der Waals surface area (Å²) in [5.74, 6) is -0.284. The molecular weight excluding hydrogens is 326 g/mol. The summed E-state index contributed by atoms with van der Waals surface area (Å²) < 4.78 is 0. The van der Waals surface area contributed by atoms with Crippen LogP contribution in [0.2, 0.25) is 0 Å². The summed E-state index contributed by atoms with van der Waals surface area (Å²) in [7, 11) is 1.97. The number of urea groups is 1. The van der Waals surface area contributed by atoms with E-state index < -0.39 is 6.03 Å². The molecular formula is C21H28N3O2+. The maximum absolute atomic E-state index is 12.3. The molecule has 0 radical (unpaired) electrons. The van der Waals surface area contributed by atoms with Crippen molar-refractivity contribution in [3.63, 3.8) is 0 Å². The first-order valence-electron chi connectivity index (χ1n) is 9.11. The number of carbonyl (C=O) groups excluding carboxylic acids is 2. The van der Waals surface area contributed by atoms with Crippen molar-refractivity contribution < 1.29 is 14.5 Å². The Labute approximate surface area is 155 Å². The number of quaternary nitrogens is 1. The molecule has 5 heteroatoms. The predicted octanol–water partition coefficient (Wildman–Crippen LogP) is 1.92. The highest BCUT2D eigenvalue weighted by Gasteiger charge is 2.25. The van der Waals surface area contributed by atoms with Crippen LogP contribution in [0.5, 0.6) is 0 Å². The number of nitrogens with one attached hydrogen (secondary N) is 3. The lowest BCUT2D eigenvalue weighted by atomic mass is 9.97. The Morgan fingerprint density at radius 1 is 0.962 bits per heavy atom. The Balaban J connectivity index is 2.04. The largest absolute Gasteiger partial charge is 0.338 e. The fraction of sp³-hybridized carbons (Fsp3) is 0.333. The Morgan fingerprint density at radius 2 is 1.50 bits per heavy atom. The van der Waals surface area contributed by atoms with Gasteiger partial charge in [-0.1, -0.05) is 74.0 Å². The van der Waals surface area contributed by atoms with Crippen molar-refractivity contribution in [1.29, 1.82) is 0 Å². The normalized spacial score (nSPS) is 11.8. The topological polar surface area (TPSA) is 62.6 Å². The molecule has 2 aromatic rings. The summed E-state index contributed by atoms with van der Waals surface area (Å²) in [5.41, 5.74) is 2.27. The molecule has 3 amide bonds. The summed E-state index contributed by atoms with van der Waals surface area (Å²) in [6.45, 7) is 2.83. The van der Waals surface area contributed by atoms with Gasteiger partial charge >= 0.3 is 6.03 Å². The summed E-state index contributed by atoms with van der Waals surface area (Å²) in [6, 6.07) is 19.8. The molecule has 0 saturated heterocycles. The molecule has 2 aromatic carbocycles. The van der Waals surface area contributed by atoms with Crippen molar-refractivity contribution in [1.82, 2.24) is 10.6 Å². The van der Waals surface area contributed by atoms with Crippen LogP contribution in [0.1, 0.15) is 36.9 Å². The first kappa shape index (κ1) is 19.7. The van der Waals surface area contributed by atoms with Crippen LogP contribution in [0.25, 0.3) is 0 Å². The van der Waals surface area contributed by atoms with E-state index in [0.717, 1.165) is 28.9 Å². The number of hydrogen-bond acceptors (Lipinski definition) is 2. The molecule has 0 bridgehead atoms. The Morgan fingerprint density at radius 3 is 2.00 bits per heavy atom. The van der Waals surface area contributed by atoms with Crippen molar-refractivity contribution in [2.24, 2.45) is 0 Å². The minimum absolute atomic E-state index is 0.0197. The molecule has 0 fully saturated rings. The van der Waals surface area contributed by atoms with Crippen LogP contribution in [-0.2, 0) is 4.79 Å². The molecule has 0 spiro atoms. The van der Waals surface area contributed by atoms with Crippen LogP contribution < -0.4 is 15.5 Å². The minimum Gasteiger partial charge on any atom is -0.338 e. The standard InChI is InChI=1S/C21H27N3O2/c1-3-4-15-22-21(26)23-19(25)16-24(2)20(17-11-7-5-8-12-17)18-13-9-6-10-14-18/h5-14,20H,3-4,15-16H2,1-2H3,(H2,22,23,25,26)/p+1. The highest BCUT2D eigenvalue weighted by Crippen LogP contribution is 2.18. The lowest BCUT2D eigenvalue weighted by Crippen LogP contribution is -3.10. The number of likely N-dealkylation sites (N-methyl/N-ethyl adjacent to an activating group) is 1. The molecule has 3 N–H and O–H groups in total. The Kier molecular flexibility index (Phi) is 7.83. The summed E-state index contributed by atoms with van der Waals surface area (Å²) in [4.78, 5) is 25.0. The van der Waals surface area contributed by atoms with Crippen LogP contribution in [0.15, 0.2) is 60.7 Å². The second-order valence-corrected chi connectivity index (χ2v) is 6.44. The van der Waals surface area contributed by atoms with Crippen molar-refractivity contribution in [3.8, 4) is 0 Å². The first-order chi connectivity index (χ1) is 12.6. The zero-order chi connectivity index (χ0) is 18.8. The van der Waals surface area contributed by atoms with Crippen LogP contribution in [0.3, 0.4) is 0 Å². The fourth-order valence-electron chi connectivity index (χ4n) is 3.00. The van der Waals surface area contributed by atoms with Crippen LogP contribution in [0, 0.1) is 0 Å². The van der Waals surface area contributed by atoms with Crippen molar-refractivity contribution in [3.05, 3.63) is 71.8 Å². The average molecular weight is 354 g/mol. The van der Waals surface area contributed by atoms with E-state index in [4.69, 9.17) is 0 Å². The molecule has 0 heterocycles. The highest BCUT2D eigenvalue weighted by molar-refractivity contribution is 5.94. The quantitative estimate of drug-likeness (QED) is 0.634. The molecule has 0 saturated carbocycles.